The molecule has 6 heteroatoms. The first-order valence-electron chi connectivity index (χ1n) is 9.34. The predicted octanol–water partition coefficient (Wildman–Crippen LogP) is 4.41. The fourth-order valence-electron chi connectivity index (χ4n) is 2.89. The summed E-state index contributed by atoms with van der Waals surface area (Å²) in [5, 5.41) is 2.83. The van der Waals surface area contributed by atoms with Crippen LogP contribution in [0.1, 0.15) is 27.2 Å². The van der Waals surface area contributed by atoms with Gasteiger partial charge in [0, 0.05) is 12.8 Å². The third-order valence-electron chi connectivity index (χ3n) is 4.63. The van der Waals surface area contributed by atoms with Crippen molar-refractivity contribution in [3.63, 3.8) is 0 Å². The Kier molecular flexibility index (Phi) is 7.14. The number of nitrogens with zero attached hydrogens (tertiary/aromatic N) is 1. The maximum absolute atomic E-state index is 12.7. The molecular weight excluding hydrogens is 384 g/mol. The van der Waals surface area contributed by atoms with Crippen LogP contribution in [0.3, 0.4) is 0 Å². The fraction of sp³-hybridized carbons (Fsp3) is 0.217. The molecule has 150 valence electrons. The van der Waals surface area contributed by atoms with E-state index in [1.165, 1.54) is 11.1 Å². The number of carbonyl (C=O) groups excluding carboxylic acids is 2. The van der Waals surface area contributed by atoms with Gasteiger partial charge in [-0.25, -0.2) is 0 Å². The zero-order chi connectivity index (χ0) is 20.6. The Balaban J connectivity index is 1.61. The molecular formula is C23H24N2O3S. The molecule has 0 aliphatic heterocycles. The maximum atomic E-state index is 12.7. The molecule has 0 atom stereocenters. The first kappa shape index (κ1) is 20.7. The number of amides is 2. The largest absolute Gasteiger partial charge is 0.467 e. The molecule has 0 spiro atoms. The topological polar surface area (TPSA) is 62.6 Å². The summed E-state index contributed by atoms with van der Waals surface area (Å²) in [6.45, 7) is 2.37. The van der Waals surface area contributed by atoms with Crippen LogP contribution in [0.4, 0.5) is 5.69 Å². The first-order valence-corrected chi connectivity index (χ1v) is 10.5. The van der Waals surface area contributed by atoms with Crippen molar-refractivity contribution < 1.29 is 14.0 Å². The molecule has 3 aromatic rings. The van der Waals surface area contributed by atoms with Crippen LogP contribution in [0.2, 0.25) is 0 Å². The number of furan rings is 1. The normalized spacial score (nSPS) is 10.6. The van der Waals surface area contributed by atoms with E-state index in [4.69, 9.17) is 4.42 Å². The zero-order valence-electron chi connectivity index (χ0n) is 16.6. The second-order valence-electron chi connectivity index (χ2n) is 6.65. The number of anilines is 1. The third kappa shape index (κ3) is 5.51. The van der Waals surface area contributed by atoms with E-state index >= 15 is 0 Å². The van der Waals surface area contributed by atoms with E-state index in [2.05, 4.69) is 24.4 Å². The maximum Gasteiger partial charge on any atom is 0.253 e. The van der Waals surface area contributed by atoms with Crippen molar-refractivity contribution in [2.75, 3.05) is 17.7 Å². The fourth-order valence-corrected chi connectivity index (χ4v) is 3.90. The lowest BCUT2D eigenvalue weighted by Gasteiger charge is -2.20. The van der Waals surface area contributed by atoms with Crippen LogP contribution < -0.4 is 10.2 Å². The Labute approximate surface area is 175 Å². The number of benzene rings is 2. The summed E-state index contributed by atoms with van der Waals surface area (Å²) in [7, 11) is 1.70. The van der Waals surface area contributed by atoms with Gasteiger partial charge in [0.2, 0.25) is 5.91 Å². The highest BCUT2D eigenvalue weighted by Gasteiger charge is 2.18. The molecule has 2 aromatic carbocycles. The average molecular weight is 409 g/mol. The van der Waals surface area contributed by atoms with Crippen molar-refractivity contribution in [2.45, 2.75) is 19.2 Å². The van der Waals surface area contributed by atoms with E-state index in [0.29, 0.717) is 29.3 Å². The number of carbonyl (C=O) groups is 2. The molecule has 0 unspecified atom stereocenters. The quantitative estimate of drug-likeness (QED) is 0.600. The molecule has 0 saturated carbocycles. The molecule has 0 radical (unpaired) electrons. The van der Waals surface area contributed by atoms with E-state index in [1.54, 1.807) is 60.3 Å². The molecule has 29 heavy (non-hydrogen) atoms. The highest BCUT2D eigenvalue weighted by molar-refractivity contribution is 7.99. The summed E-state index contributed by atoms with van der Waals surface area (Å²) in [5.41, 5.74) is 3.50. The number of aryl methyl sites for hydroxylation is 1. The van der Waals surface area contributed by atoms with E-state index in [1.807, 2.05) is 18.2 Å². The van der Waals surface area contributed by atoms with Gasteiger partial charge in [-0.2, -0.15) is 0 Å². The van der Waals surface area contributed by atoms with Crippen LogP contribution in [-0.4, -0.2) is 24.6 Å². The number of hydrogen-bond acceptors (Lipinski definition) is 4. The van der Waals surface area contributed by atoms with Crippen LogP contribution in [0.15, 0.2) is 71.3 Å². The predicted molar refractivity (Wildman–Crippen MR) is 117 cm³/mol. The van der Waals surface area contributed by atoms with E-state index in [9.17, 15) is 9.59 Å². The Bertz CT molecular complexity index is 970. The second kappa shape index (κ2) is 9.98. The lowest BCUT2D eigenvalue weighted by atomic mass is 10.1. The van der Waals surface area contributed by atoms with E-state index in [-0.39, 0.29) is 11.8 Å². The summed E-state index contributed by atoms with van der Waals surface area (Å²) in [6, 6.07) is 18.9. The standard InChI is InChI=1S/C23H24N2O3S/c1-17-8-3-4-9-18(17)15-29-16-22(26)25(2)21-12-6-5-11-20(21)23(27)24-14-19-10-7-13-28-19/h3-13H,14-16H2,1-2H3,(H,24,27). The van der Waals surface area contributed by atoms with Gasteiger partial charge in [-0.3, -0.25) is 9.59 Å². The zero-order valence-corrected chi connectivity index (χ0v) is 17.4. The number of hydrogen-bond donors (Lipinski definition) is 1. The second-order valence-corrected chi connectivity index (χ2v) is 7.64. The summed E-state index contributed by atoms with van der Waals surface area (Å²) < 4.78 is 5.24. The van der Waals surface area contributed by atoms with E-state index < -0.39 is 0 Å². The number of rotatable bonds is 8. The lowest BCUT2D eigenvalue weighted by Crippen LogP contribution is -2.31. The van der Waals surface area contributed by atoms with Gasteiger partial charge >= 0.3 is 0 Å². The average Bonchev–Trinajstić information content (AvgIpc) is 3.26. The van der Waals surface area contributed by atoms with Gasteiger partial charge in [-0.05, 0) is 42.3 Å². The van der Waals surface area contributed by atoms with Crippen molar-refractivity contribution in [3.05, 3.63) is 89.4 Å². The van der Waals surface area contributed by atoms with Crippen molar-refractivity contribution in [3.8, 4) is 0 Å². The molecule has 1 N–H and O–H groups in total. The van der Waals surface area contributed by atoms with Gasteiger partial charge in [0.05, 0.1) is 29.8 Å². The summed E-state index contributed by atoms with van der Waals surface area (Å²) in [5.74, 6) is 1.50. The summed E-state index contributed by atoms with van der Waals surface area (Å²) in [4.78, 5) is 26.9. The number of nitrogens with one attached hydrogen (secondary N) is 1. The van der Waals surface area contributed by atoms with Gasteiger partial charge < -0.3 is 14.6 Å². The minimum absolute atomic E-state index is 0.0464. The molecule has 0 aliphatic carbocycles. The molecule has 2 amide bonds. The highest BCUT2D eigenvalue weighted by Crippen LogP contribution is 2.22. The molecule has 5 nitrogen and oxygen atoms in total. The minimum atomic E-state index is -0.246. The van der Waals surface area contributed by atoms with Crippen LogP contribution in [0.25, 0.3) is 0 Å². The van der Waals surface area contributed by atoms with Crippen molar-refractivity contribution in [2.24, 2.45) is 0 Å². The molecule has 1 heterocycles. The van der Waals surface area contributed by atoms with Crippen molar-refractivity contribution >= 4 is 29.3 Å². The van der Waals surface area contributed by atoms with Crippen LogP contribution >= 0.6 is 11.8 Å². The molecule has 0 saturated heterocycles. The highest BCUT2D eigenvalue weighted by atomic mass is 32.2. The smallest absolute Gasteiger partial charge is 0.253 e. The molecule has 0 fully saturated rings. The van der Waals surface area contributed by atoms with Crippen LogP contribution in [0, 0.1) is 6.92 Å². The third-order valence-corrected chi connectivity index (χ3v) is 5.60. The number of para-hydroxylation sites is 1. The first-order chi connectivity index (χ1) is 14.1. The van der Waals surface area contributed by atoms with Crippen LogP contribution in [-0.2, 0) is 17.1 Å². The van der Waals surface area contributed by atoms with Gasteiger partial charge in [-0.15, -0.1) is 11.8 Å². The molecule has 3 rings (SSSR count). The SMILES string of the molecule is Cc1ccccc1CSCC(=O)N(C)c1ccccc1C(=O)NCc1ccco1. The van der Waals surface area contributed by atoms with Gasteiger partial charge in [0.15, 0.2) is 0 Å². The van der Waals surface area contributed by atoms with Gasteiger partial charge in [0.1, 0.15) is 5.76 Å². The van der Waals surface area contributed by atoms with Crippen LogP contribution in [0.5, 0.6) is 0 Å². The van der Waals surface area contributed by atoms with Gasteiger partial charge in [-0.1, -0.05) is 36.4 Å². The van der Waals surface area contributed by atoms with E-state index in [0.717, 1.165) is 5.75 Å². The Morgan fingerprint density at radius 1 is 1.03 bits per heavy atom. The summed E-state index contributed by atoms with van der Waals surface area (Å²) >= 11 is 1.57. The minimum Gasteiger partial charge on any atom is -0.467 e. The van der Waals surface area contributed by atoms with Crippen molar-refractivity contribution in [1.29, 1.82) is 0 Å². The summed E-state index contributed by atoms with van der Waals surface area (Å²) in [6.07, 6.45) is 1.57. The lowest BCUT2D eigenvalue weighted by molar-refractivity contribution is -0.115. The number of thioether (sulfide) groups is 1. The Morgan fingerprint density at radius 2 is 1.79 bits per heavy atom. The molecule has 1 aromatic heterocycles. The molecule has 0 aliphatic rings. The Hall–Kier alpha value is -2.99. The van der Waals surface area contributed by atoms with Gasteiger partial charge in [0.25, 0.3) is 5.91 Å². The Morgan fingerprint density at radius 3 is 2.55 bits per heavy atom. The molecule has 0 bridgehead atoms. The van der Waals surface area contributed by atoms with Crippen molar-refractivity contribution in [1.82, 2.24) is 5.32 Å². The monoisotopic (exact) mass is 408 g/mol.